The Balaban J connectivity index is 2.32. The van der Waals surface area contributed by atoms with Crippen molar-refractivity contribution in [1.29, 1.82) is 0 Å². The lowest BCUT2D eigenvalue weighted by molar-refractivity contribution is -0.141. The fourth-order valence-corrected chi connectivity index (χ4v) is 1.73. The maximum Gasteiger partial charge on any atom is 0.229 e. The molecule has 0 saturated carbocycles. The van der Waals surface area contributed by atoms with Crippen LogP contribution in [0.5, 0.6) is 5.75 Å². The number of nitrogens with zero attached hydrogens (tertiary/aromatic N) is 1. The Labute approximate surface area is 112 Å². The van der Waals surface area contributed by atoms with Gasteiger partial charge >= 0.3 is 0 Å². The minimum absolute atomic E-state index is 0.0123. The van der Waals surface area contributed by atoms with Gasteiger partial charge in [-0.2, -0.15) is 0 Å². The zero-order valence-corrected chi connectivity index (χ0v) is 10.1. The van der Waals surface area contributed by atoms with E-state index in [0.29, 0.717) is 12.2 Å². The molecule has 0 aliphatic carbocycles. The van der Waals surface area contributed by atoms with Gasteiger partial charge in [0.15, 0.2) is 0 Å². The number of hydrogen-bond donors (Lipinski definition) is 0. The second kappa shape index (κ2) is 5.67. The number of likely N-dealkylation sites (tertiary alicyclic amines) is 1. The van der Waals surface area contributed by atoms with E-state index < -0.39 is 24.6 Å². The summed E-state index contributed by atoms with van der Waals surface area (Å²) in [5, 5.41) is 0. The summed E-state index contributed by atoms with van der Waals surface area (Å²) in [6.45, 7) is 0.135. The predicted octanol–water partition coefficient (Wildman–Crippen LogP) is 1.78. The lowest BCUT2D eigenvalue weighted by atomic mass is 10.1. The summed E-state index contributed by atoms with van der Waals surface area (Å²) in [5.74, 6) is -1.09. The third-order valence-corrected chi connectivity index (χ3v) is 2.72. The molecule has 2 rings (SSSR count). The Hall–Kier alpha value is -1.84. The highest BCUT2D eigenvalue weighted by Crippen LogP contribution is 2.15. The van der Waals surface area contributed by atoms with E-state index in [9.17, 15) is 9.59 Å². The summed E-state index contributed by atoms with van der Waals surface area (Å²) >= 11 is 0. The molecule has 1 aromatic rings. The van der Waals surface area contributed by atoms with Crippen molar-refractivity contribution < 1.29 is 19.8 Å². The quantitative estimate of drug-likeness (QED) is 0.819. The molecule has 1 aliphatic rings. The Morgan fingerprint density at radius 3 is 2.72 bits per heavy atom. The molecule has 96 valence electrons. The van der Waals surface area contributed by atoms with Crippen molar-refractivity contribution in [2.45, 2.75) is 25.6 Å². The Morgan fingerprint density at radius 1 is 1.44 bits per heavy atom. The molecule has 0 N–H and O–H groups in total. The van der Waals surface area contributed by atoms with Crippen LogP contribution in [0.1, 0.15) is 30.3 Å². The normalized spacial score (nSPS) is 19.8. The summed E-state index contributed by atoms with van der Waals surface area (Å²) in [7, 11) is 1.46. The van der Waals surface area contributed by atoms with Crippen LogP contribution in [0.25, 0.3) is 0 Å². The summed E-state index contributed by atoms with van der Waals surface area (Å²) < 4.78 is 37.0. The highest BCUT2D eigenvalue weighted by molar-refractivity contribution is 5.96. The van der Waals surface area contributed by atoms with Crippen LogP contribution < -0.4 is 4.74 Å². The van der Waals surface area contributed by atoms with Gasteiger partial charge in [0.05, 0.1) is 7.11 Å². The Morgan fingerprint density at radius 2 is 2.17 bits per heavy atom. The Kier molecular flexibility index (Phi) is 2.61. The van der Waals surface area contributed by atoms with Gasteiger partial charge in [-0.15, -0.1) is 0 Å². The van der Waals surface area contributed by atoms with Crippen LogP contribution in [-0.2, 0) is 16.0 Å². The molecule has 0 spiro atoms. The minimum Gasteiger partial charge on any atom is -0.497 e. The van der Waals surface area contributed by atoms with E-state index in [2.05, 4.69) is 0 Å². The molecule has 18 heavy (non-hydrogen) atoms. The van der Waals surface area contributed by atoms with Gasteiger partial charge in [-0.25, -0.2) is 0 Å². The molecule has 1 aromatic carbocycles. The second-order valence-electron chi connectivity index (χ2n) is 3.93. The molecule has 0 bridgehead atoms. The van der Waals surface area contributed by atoms with Gasteiger partial charge in [0.2, 0.25) is 11.8 Å². The first-order valence-corrected chi connectivity index (χ1v) is 5.71. The molecule has 0 aromatic heterocycles. The van der Waals surface area contributed by atoms with E-state index >= 15 is 0 Å². The van der Waals surface area contributed by atoms with Crippen molar-refractivity contribution in [1.82, 2.24) is 4.90 Å². The third kappa shape index (κ3) is 2.88. The van der Waals surface area contributed by atoms with Gasteiger partial charge in [0.25, 0.3) is 0 Å². The molecule has 1 aliphatic heterocycles. The average molecular weight is 251 g/mol. The number of carbonyl (C=O) groups is 2. The summed E-state index contributed by atoms with van der Waals surface area (Å²) in [6, 6.07) is 5.73. The van der Waals surface area contributed by atoms with Gasteiger partial charge < -0.3 is 4.74 Å². The number of aryl methyl sites for hydroxylation is 1. The number of amides is 2. The van der Waals surface area contributed by atoms with E-state index in [1.54, 1.807) is 0 Å². The van der Waals surface area contributed by atoms with E-state index in [1.165, 1.54) is 31.4 Å². The molecule has 2 amide bonds. The predicted molar refractivity (Wildman–Crippen MR) is 67.3 cm³/mol. The van der Waals surface area contributed by atoms with E-state index in [4.69, 9.17) is 10.2 Å². The maximum atomic E-state index is 12.3. The first kappa shape index (κ1) is 8.29. The smallest absolute Gasteiger partial charge is 0.229 e. The van der Waals surface area contributed by atoms with Gasteiger partial charge in [0.1, 0.15) is 5.75 Å². The largest absolute Gasteiger partial charge is 0.497 e. The highest BCUT2D eigenvalue weighted by Gasteiger charge is 2.25. The molecular formula is C14H17NO3. The fraction of sp³-hybridized carbons (Fsp3) is 0.429. The molecular weight excluding hydrogens is 230 g/mol. The zero-order valence-electron chi connectivity index (χ0n) is 14.1. The van der Waals surface area contributed by atoms with Gasteiger partial charge in [0, 0.05) is 24.8 Å². The zero-order chi connectivity index (χ0) is 16.5. The molecule has 0 radical (unpaired) electrons. The molecule has 4 heteroatoms. The summed E-state index contributed by atoms with van der Waals surface area (Å²) in [5.41, 5.74) is 0.0123. The fourth-order valence-electron chi connectivity index (χ4n) is 1.73. The van der Waals surface area contributed by atoms with Crippen LogP contribution >= 0.6 is 0 Å². The molecule has 0 unspecified atom stereocenters. The van der Waals surface area contributed by atoms with Gasteiger partial charge in [-0.05, 0) is 30.5 Å². The molecule has 1 heterocycles. The highest BCUT2D eigenvalue weighted by atomic mass is 16.5. The summed E-state index contributed by atoms with van der Waals surface area (Å²) in [4.78, 5) is 24.7. The van der Waals surface area contributed by atoms with E-state index in [0.717, 1.165) is 4.90 Å². The third-order valence-electron chi connectivity index (χ3n) is 2.72. The van der Waals surface area contributed by atoms with Crippen LogP contribution in [-0.4, -0.2) is 30.4 Å². The van der Waals surface area contributed by atoms with Crippen molar-refractivity contribution in [2.75, 3.05) is 13.7 Å². The lowest BCUT2D eigenvalue weighted by Crippen LogP contribution is -2.31. The number of hydrogen-bond acceptors (Lipinski definition) is 3. The number of methoxy groups -OCH3 is 1. The van der Waals surface area contributed by atoms with Crippen molar-refractivity contribution in [3.05, 3.63) is 29.8 Å². The van der Waals surface area contributed by atoms with Crippen LogP contribution in [0.15, 0.2) is 24.3 Å². The van der Waals surface area contributed by atoms with Crippen LogP contribution in [0.3, 0.4) is 0 Å². The number of rotatable bonds is 4. The van der Waals surface area contributed by atoms with Crippen molar-refractivity contribution in [3.8, 4) is 5.75 Å². The van der Waals surface area contributed by atoms with Crippen molar-refractivity contribution in [3.63, 3.8) is 0 Å². The van der Waals surface area contributed by atoms with E-state index in [1.807, 2.05) is 0 Å². The first-order chi connectivity index (χ1) is 10.2. The van der Waals surface area contributed by atoms with Crippen LogP contribution in [0.4, 0.5) is 0 Å². The number of benzene rings is 1. The lowest BCUT2D eigenvalue weighted by Gasteiger charge is -2.13. The Bertz CT molecular complexity index is 586. The van der Waals surface area contributed by atoms with Crippen molar-refractivity contribution in [2.24, 2.45) is 0 Å². The molecule has 1 fully saturated rings. The molecule has 4 nitrogen and oxygen atoms in total. The number of imide groups is 1. The summed E-state index contributed by atoms with van der Waals surface area (Å²) in [6.07, 6.45) is -4.75. The standard InChI is InChI=1S/C14H17NO3/c1-18-12-7-4-11(5-8-12)6-9-14(17)15-10-2-3-13(15)16/h4-5,7-8H,2-3,6,9-10H2,1H3/i6D2,9D2. The van der Waals surface area contributed by atoms with Crippen LogP contribution in [0, 0.1) is 0 Å². The van der Waals surface area contributed by atoms with Crippen LogP contribution in [0.2, 0.25) is 0 Å². The SMILES string of the molecule is [2H]C([2H])(C(=O)N1CCCC1=O)C([2H])([2H])c1ccc(OC)cc1. The average Bonchev–Trinajstić information content (AvgIpc) is 2.92. The van der Waals surface area contributed by atoms with Gasteiger partial charge in [-0.3, -0.25) is 14.5 Å². The molecule has 1 saturated heterocycles. The maximum absolute atomic E-state index is 12.3. The second-order valence-corrected chi connectivity index (χ2v) is 3.93. The number of ether oxygens (including phenoxy) is 1. The minimum atomic E-state index is -2.85. The molecule has 0 atom stereocenters. The van der Waals surface area contributed by atoms with E-state index in [-0.39, 0.29) is 18.5 Å². The van der Waals surface area contributed by atoms with Gasteiger partial charge in [-0.1, -0.05) is 12.1 Å². The van der Waals surface area contributed by atoms with Crippen molar-refractivity contribution >= 4 is 11.8 Å². The monoisotopic (exact) mass is 251 g/mol. The first-order valence-electron chi connectivity index (χ1n) is 7.71. The number of carbonyl (C=O) groups excluding carboxylic acids is 2. The topological polar surface area (TPSA) is 46.6 Å².